The molecule has 0 bridgehead atoms. The van der Waals surface area contributed by atoms with Gasteiger partial charge < -0.3 is 5.73 Å². The second kappa shape index (κ2) is 3.95. The van der Waals surface area contributed by atoms with Gasteiger partial charge >= 0.3 is 0 Å². The van der Waals surface area contributed by atoms with Gasteiger partial charge in [-0.15, -0.1) is 11.3 Å². The molecule has 0 spiro atoms. The average Bonchev–Trinajstić information content (AvgIpc) is 2.50. The molecule has 0 fully saturated rings. The van der Waals surface area contributed by atoms with Gasteiger partial charge in [-0.3, -0.25) is 0 Å². The standard InChI is InChI=1S/C7H4ClIN4S/c8-6-11-5(12-7(10)13-6)3-1-4(9)14-2-3/h1-2H,(H2,10,11,12,13). The molecule has 0 aliphatic heterocycles. The quantitative estimate of drug-likeness (QED) is 0.811. The first-order valence-electron chi connectivity index (χ1n) is 3.56. The summed E-state index contributed by atoms with van der Waals surface area (Å²) in [5.41, 5.74) is 6.37. The number of halogens is 2. The Hall–Kier alpha value is -0.470. The van der Waals surface area contributed by atoms with Crippen molar-refractivity contribution in [2.45, 2.75) is 0 Å². The third-order valence-electron chi connectivity index (χ3n) is 1.45. The molecule has 2 aromatic heterocycles. The van der Waals surface area contributed by atoms with E-state index in [2.05, 4.69) is 37.5 Å². The van der Waals surface area contributed by atoms with Gasteiger partial charge in [-0.25, -0.2) is 0 Å². The fraction of sp³-hybridized carbons (Fsp3) is 0. The number of thiophene rings is 1. The molecule has 0 aromatic carbocycles. The highest BCUT2D eigenvalue weighted by Gasteiger charge is 2.06. The first kappa shape index (κ1) is 10.1. The Labute approximate surface area is 103 Å². The Balaban J connectivity index is 2.51. The van der Waals surface area contributed by atoms with Gasteiger partial charge in [0.1, 0.15) is 0 Å². The maximum atomic E-state index is 5.67. The molecule has 0 aliphatic rings. The van der Waals surface area contributed by atoms with Gasteiger partial charge in [0.2, 0.25) is 11.2 Å². The van der Waals surface area contributed by atoms with Crippen LogP contribution in [-0.4, -0.2) is 15.0 Å². The molecule has 72 valence electrons. The predicted molar refractivity (Wildman–Crippen MR) is 65.3 cm³/mol. The molecule has 2 aromatic rings. The molecule has 2 N–H and O–H groups in total. The Morgan fingerprint density at radius 2 is 2.14 bits per heavy atom. The number of anilines is 1. The predicted octanol–water partition coefficient (Wildman–Crippen LogP) is 2.44. The van der Waals surface area contributed by atoms with Gasteiger partial charge in [0.15, 0.2) is 5.82 Å². The van der Waals surface area contributed by atoms with Crippen molar-refractivity contribution in [3.63, 3.8) is 0 Å². The van der Waals surface area contributed by atoms with Crippen molar-refractivity contribution < 1.29 is 0 Å². The van der Waals surface area contributed by atoms with Crippen molar-refractivity contribution in [2.75, 3.05) is 5.73 Å². The molecule has 2 rings (SSSR count). The van der Waals surface area contributed by atoms with Gasteiger partial charge in [-0.05, 0) is 40.3 Å². The van der Waals surface area contributed by atoms with Crippen LogP contribution in [0.5, 0.6) is 0 Å². The molecule has 7 heteroatoms. The fourth-order valence-electron chi connectivity index (χ4n) is 0.922. The van der Waals surface area contributed by atoms with E-state index in [-0.39, 0.29) is 11.2 Å². The number of nitrogens with zero attached hydrogens (tertiary/aromatic N) is 3. The van der Waals surface area contributed by atoms with E-state index in [1.807, 2.05) is 11.4 Å². The molecule has 0 atom stereocenters. The van der Waals surface area contributed by atoms with Crippen LogP contribution in [0, 0.1) is 2.88 Å². The normalized spacial score (nSPS) is 10.4. The molecule has 0 saturated heterocycles. The molecule has 0 unspecified atom stereocenters. The Bertz CT molecular complexity index is 452. The number of aromatic nitrogens is 3. The smallest absolute Gasteiger partial charge is 0.227 e. The summed E-state index contributed by atoms with van der Waals surface area (Å²) in [6, 6.07) is 1.97. The zero-order valence-electron chi connectivity index (χ0n) is 6.74. The molecular formula is C7H4ClIN4S. The van der Waals surface area contributed by atoms with Crippen LogP contribution in [0.1, 0.15) is 0 Å². The van der Waals surface area contributed by atoms with Crippen molar-refractivity contribution >= 4 is 51.5 Å². The summed E-state index contributed by atoms with van der Waals surface area (Å²) >= 11 is 9.51. The van der Waals surface area contributed by atoms with E-state index in [4.69, 9.17) is 17.3 Å². The van der Waals surface area contributed by atoms with E-state index in [1.54, 1.807) is 11.3 Å². The van der Waals surface area contributed by atoms with E-state index in [0.717, 1.165) is 8.45 Å². The number of hydrogen-bond donors (Lipinski definition) is 1. The fourth-order valence-corrected chi connectivity index (χ4v) is 2.41. The topological polar surface area (TPSA) is 64.7 Å². The highest BCUT2D eigenvalue weighted by Crippen LogP contribution is 2.24. The lowest BCUT2D eigenvalue weighted by Crippen LogP contribution is -1.99. The molecule has 0 radical (unpaired) electrons. The van der Waals surface area contributed by atoms with Crippen LogP contribution >= 0.6 is 45.5 Å². The third-order valence-corrected chi connectivity index (χ3v) is 3.41. The highest BCUT2D eigenvalue weighted by atomic mass is 127. The first-order chi connectivity index (χ1) is 6.65. The van der Waals surface area contributed by atoms with Crippen LogP contribution in [0.2, 0.25) is 5.28 Å². The van der Waals surface area contributed by atoms with Crippen molar-refractivity contribution in [3.8, 4) is 11.4 Å². The van der Waals surface area contributed by atoms with Gasteiger partial charge in [-0.2, -0.15) is 15.0 Å². The summed E-state index contributed by atoms with van der Waals surface area (Å²) in [4.78, 5) is 11.7. The molecular weight excluding hydrogens is 335 g/mol. The van der Waals surface area contributed by atoms with Crippen LogP contribution in [0.3, 0.4) is 0 Å². The molecule has 0 amide bonds. The minimum absolute atomic E-state index is 0.119. The van der Waals surface area contributed by atoms with E-state index in [9.17, 15) is 0 Å². The van der Waals surface area contributed by atoms with Crippen LogP contribution < -0.4 is 5.73 Å². The number of hydrogen-bond acceptors (Lipinski definition) is 5. The minimum atomic E-state index is 0.119. The Morgan fingerprint density at radius 3 is 2.71 bits per heavy atom. The lowest BCUT2D eigenvalue weighted by atomic mass is 10.3. The molecule has 4 nitrogen and oxygen atoms in total. The second-order valence-corrected chi connectivity index (χ2v) is 5.57. The van der Waals surface area contributed by atoms with Gasteiger partial charge in [0.25, 0.3) is 0 Å². The van der Waals surface area contributed by atoms with E-state index >= 15 is 0 Å². The van der Waals surface area contributed by atoms with Crippen LogP contribution in [0.25, 0.3) is 11.4 Å². The third kappa shape index (κ3) is 2.12. The zero-order chi connectivity index (χ0) is 10.1. The minimum Gasteiger partial charge on any atom is -0.368 e. The maximum Gasteiger partial charge on any atom is 0.227 e. The second-order valence-electron chi connectivity index (χ2n) is 2.43. The summed E-state index contributed by atoms with van der Waals surface area (Å²) in [6.07, 6.45) is 0. The zero-order valence-corrected chi connectivity index (χ0v) is 10.5. The van der Waals surface area contributed by atoms with Crippen molar-refractivity contribution in [3.05, 3.63) is 19.6 Å². The molecule has 0 saturated carbocycles. The largest absolute Gasteiger partial charge is 0.368 e. The molecule has 2 heterocycles. The maximum absolute atomic E-state index is 5.67. The highest BCUT2D eigenvalue weighted by molar-refractivity contribution is 14.1. The molecule has 0 aliphatic carbocycles. The van der Waals surface area contributed by atoms with E-state index in [1.165, 1.54) is 0 Å². The van der Waals surface area contributed by atoms with Gasteiger partial charge in [0, 0.05) is 10.9 Å². The van der Waals surface area contributed by atoms with Crippen molar-refractivity contribution in [1.29, 1.82) is 0 Å². The number of rotatable bonds is 1. The lowest BCUT2D eigenvalue weighted by molar-refractivity contribution is 1.07. The lowest BCUT2D eigenvalue weighted by Gasteiger charge is -1.97. The Kier molecular flexibility index (Phi) is 2.84. The monoisotopic (exact) mass is 338 g/mol. The summed E-state index contributed by atoms with van der Waals surface area (Å²) < 4.78 is 1.16. The molecule has 14 heavy (non-hydrogen) atoms. The van der Waals surface area contributed by atoms with Crippen molar-refractivity contribution in [1.82, 2.24) is 15.0 Å². The summed E-state index contributed by atoms with van der Waals surface area (Å²) in [5.74, 6) is 0.655. The summed E-state index contributed by atoms with van der Waals surface area (Å²) in [7, 11) is 0. The van der Waals surface area contributed by atoms with Crippen LogP contribution in [0.15, 0.2) is 11.4 Å². The Morgan fingerprint density at radius 1 is 1.36 bits per heavy atom. The van der Waals surface area contributed by atoms with Crippen LogP contribution in [0.4, 0.5) is 5.95 Å². The number of nitrogens with two attached hydrogens (primary N) is 1. The number of nitrogen functional groups attached to an aromatic ring is 1. The summed E-state index contributed by atoms with van der Waals surface area (Å²) in [6.45, 7) is 0. The summed E-state index contributed by atoms with van der Waals surface area (Å²) in [5, 5.41) is 2.07. The van der Waals surface area contributed by atoms with Gasteiger partial charge in [-0.1, -0.05) is 0 Å². The average molecular weight is 339 g/mol. The SMILES string of the molecule is Nc1nc(Cl)nc(-c2csc(I)c2)n1. The van der Waals surface area contributed by atoms with E-state index < -0.39 is 0 Å². The van der Waals surface area contributed by atoms with Crippen molar-refractivity contribution in [2.24, 2.45) is 0 Å². The van der Waals surface area contributed by atoms with Crippen LogP contribution in [-0.2, 0) is 0 Å². The van der Waals surface area contributed by atoms with E-state index in [0.29, 0.717) is 5.82 Å². The first-order valence-corrected chi connectivity index (χ1v) is 5.90. The van der Waals surface area contributed by atoms with Gasteiger partial charge in [0.05, 0.1) is 2.88 Å².